The van der Waals surface area contributed by atoms with E-state index in [0.29, 0.717) is 22.7 Å². The van der Waals surface area contributed by atoms with Crippen LogP contribution in [-0.2, 0) is 0 Å². The molecule has 7 nitrogen and oxygen atoms in total. The predicted molar refractivity (Wildman–Crippen MR) is 86.6 cm³/mol. The Bertz CT molecular complexity index is 893. The topological polar surface area (TPSA) is 74.1 Å². The van der Waals surface area contributed by atoms with Crippen LogP contribution in [0.1, 0.15) is 19.9 Å². The Kier molecular flexibility index (Phi) is 3.23. The van der Waals surface area contributed by atoms with E-state index >= 15 is 0 Å². The summed E-state index contributed by atoms with van der Waals surface area (Å²) in [5, 5.41) is 3.39. The lowest BCUT2D eigenvalue weighted by Crippen LogP contribution is -2.02. The maximum atomic E-state index is 6.07. The van der Waals surface area contributed by atoms with Crippen molar-refractivity contribution in [2.45, 2.75) is 19.9 Å². The number of anilines is 2. The SMILES string of the molecule is CC(C)n1cnc2c(Nc3ccc4c(c3)OCO4)nc(Cl)nc21. The number of aromatic nitrogens is 4. The van der Waals surface area contributed by atoms with E-state index in [2.05, 4.69) is 34.1 Å². The Hall–Kier alpha value is -2.54. The summed E-state index contributed by atoms with van der Waals surface area (Å²) in [4.78, 5) is 13.0. The minimum absolute atomic E-state index is 0.170. The minimum atomic E-state index is 0.170. The van der Waals surface area contributed by atoms with Gasteiger partial charge in [0.25, 0.3) is 0 Å². The zero-order valence-corrected chi connectivity index (χ0v) is 13.3. The molecule has 0 radical (unpaired) electrons. The largest absolute Gasteiger partial charge is 0.454 e. The van der Waals surface area contributed by atoms with Crippen LogP contribution in [0.4, 0.5) is 11.5 Å². The second-order valence-corrected chi connectivity index (χ2v) is 5.79. The third-order valence-electron chi connectivity index (χ3n) is 3.59. The Labute approximate surface area is 137 Å². The first-order chi connectivity index (χ1) is 11.1. The Morgan fingerprint density at radius 2 is 2.04 bits per heavy atom. The molecule has 118 valence electrons. The highest BCUT2D eigenvalue weighted by molar-refractivity contribution is 6.28. The molecule has 0 aliphatic carbocycles. The first kappa shape index (κ1) is 14.1. The average molecular weight is 332 g/mol. The zero-order valence-electron chi connectivity index (χ0n) is 12.6. The molecular formula is C15H14ClN5O2. The molecule has 0 bridgehead atoms. The summed E-state index contributed by atoms with van der Waals surface area (Å²) in [6.07, 6.45) is 1.74. The second-order valence-electron chi connectivity index (χ2n) is 5.45. The maximum absolute atomic E-state index is 6.07. The molecule has 0 amide bonds. The van der Waals surface area contributed by atoms with Gasteiger partial charge in [0.1, 0.15) is 0 Å². The maximum Gasteiger partial charge on any atom is 0.231 e. The van der Waals surface area contributed by atoms with Gasteiger partial charge < -0.3 is 19.4 Å². The second kappa shape index (κ2) is 5.27. The summed E-state index contributed by atoms with van der Waals surface area (Å²) < 4.78 is 12.6. The summed E-state index contributed by atoms with van der Waals surface area (Å²) in [7, 11) is 0. The third kappa shape index (κ3) is 2.43. The van der Waals surface area contributed by atoms with Crippen molar-refractivity contribution in [1.29, 1.82) is 0 Å². The third-order valence-corrected chi connectivity index (χ3v) is 3.75. The fourth-order valence-corrected chi connectivity index (χ4v) is 2.63. The highest BCUT2D eigenvalue weighted by Crippen LogP contribution is 2.35. The summed E-state index contributed by atoms with van der Waals surface area (Å²) in [6, 6.07) is 5.81. The molecule has 3 aromatic rings. The number of ether oxygens (including phenoxy) is 2. The molecule has 23 heavy (non-hydrogen) atoms. The number of nitrogens with one attached hydrogen (secondary N) is 1. The van der Waals surface area contributed by atoms with Crippen LogP contribution >= 0.6 is 11.6 Å². The standard InChI is InChI=1S/C15H14ClN5O2/c1-8(2)21-6-17-12-13(19-15(16)20-14(12)21)18-9-3-4-10-11(5-9)23-7-22-10/h3-6,8H,7H2,1-2H3,(H,18,19,20). The van der Waals surface area contributed by atoms with Crippen LogP contribution in [0.2, 0.25) is 5.28 Å². The van der Waals surface area contributed by atoms with Crippen LogP contribution < -0.4 is 14.8 Å². The number of hydrogen-bond acceptors (Lipinski definition) is 6. The fraction of sp³-hybridized carbons (Fsp3) is 0.267. The molecule has 1 N–H and O–H groups in total. The quantitative estimate of drug-likeness (QED) is 0.740. The van der Waals surface area contributed by atoms with Gasteiger partial charge in [-0.15, -0.1) is 0 Å². The van der Waals surface area contributed by atoms with E-state index in [1.54, 1.807) is 6.33 Å². The predicted octanol–water partition coefficient (Wildman–Crippen LogP) is 3.53. The molecule has 3 heterocycles. The van der Waals surface area contributed by atoms with Gasteiger partial charge >= 0.3 is 0 Å². The number of imidazole rings is 1. The molecular weight excluding hydrogens is 318 g/mol. The highest BCUT2D eigenvalue weighted by atomic mass is 35.5. The molecule has 0 unspecified atom stereocenters. The van der Waals surface area contributed by atoms with E-state index < -0.39 is 0 Å². The summed E-state index contributed by atoms with van der Waals surface area (Å²) >= 11 is 6.07. The van der Waals surface area contributed by atoms with Crippen LogP contribution in [0.25, 0.3) is 11.2 Å². The van der Waals surface area contributed by atoms with E-state index in [1.807, 2.05) is 22.8 Å². The first-order valence-electron chi connectivity index (χ1n) is 7.18. The monoisotopic (exact) mass is 331 g/mol. The minimum Gasteiger partial charge on any atom is -0.454 e. The van der Waals surface area contributed by atoms with Crippen molar-refractivity contribution in [3.63, 3.8) is 0 Å². The van der Waals surface area contributed by atoms with Crippen LogP contribution in [-0.4, -0.2) is 26.3 Å². The highest BCUT2D eigenvalue weighted by Gasteiger charge is 2.17. The molecule has 1 aromatic carbocycles. The van der Waals surface area contributed by atoms with Gasteiger partial charge in [-0.1, -0.05) is 0 Å². The van der Waals surface area contributed by atoms with Gasteiger partial charge in [-0.25, -0.2) is 4.98 Å². The van der Waals surface area contributed by atoms with Crippen molar-refractivity contribution >= 4 is 34.3 Å². The van der Waals surface area contributed by atoms with E-state index in [-0.39, 0.29) is 18.1 Å². The van der Waals surface area contributed by atoms with Crippen molar-refractivity contribution in [3.8, 4) is 11.5 Å². The van der Waals surface area contributed by atoms with E-state index in [0.717, 1.165) is 11.4 Å². The molecule has 0 saturated carbocycles. The Morgan fingerprint density at radius 3 is 2.87 bits per heavy atom. The lowest BCUT2D eigenvalue weighted by molar-refractivity contribution is 0.174. The number of hydrogen-bond donors (Lipinski definition) is 1. The van der Waals surface area contributed by atoms with Crippen molar-refractivity contribution in [1.82, 2.24) is 19.5 Å². The molecule has 8 heteroatoms. The molecule has 4 rings (SSSR count). The number of fused-ring (bicyclic) bond motifs is 2. The van der Waals surface area contributed by atoms with Crippen LogP contribution in [0.15, 0.2) is 24.5 Å². The van der Waals surface area contributed by atoms with E-state index in [1.165, 1.54) is 0 Å². The number of rotatable bonds is 3. The van der Waals surface area contributed by atoms with Crippen molar-refractivity contribution in [2.24, 2.45) is 0 Å². The van der Waals surface area contributed by atoms with Crippen LogP contribution in [0, 0.1) is 0 Å². The van der Waals surface area contributed by atoms with Crippen LogP contribution in [0.5, 0.6) is 11.5 Å². The van der Waals surface area contributed by atoms with Gasteiger partial charge in [0.2, 0.25) is 12.1 Å². The lowest BCUT2D eigenvalue weighted by atomic mass is 10.2. The molecule has 2 aromatic heterocycles. The van der Waals surface area contributed by atoms with Crippen molar-refractivity contribution < 1.29 is 9.47 Å². The number of halogens is 1. The number of benzene rings is 1. The van der Waals surface area contributed by atoms with E-state index in [9.17, 15) is 0 Å². The van der Waals surface area contributed by atoms with Gasteiger partial charge in [0, 0.05) is 17.8 Å². The lowest BCUT2D eigenvalue weighted by Gasteiger charge is -2.09. The van der Waals surface area contributed by atoms with Gasteiger partial charge in [-0.2, -0.15) is 9.97 Å². The molecule has 0 fully saturated rings. The normalized spacial score (nSPS) is 13.0. The molecule has 1 aliphatic heterocycles. The fourth-order valence-electron chi connectivity index (χ4n) is 2.47. The summed E-state index contributed by atoms with van der Waals surface area (Å²) in [5.74, 6) is 1.97. The molecule has 0 atom stereocenters. The zero-order chi connectivity index (χ0) is 16.0. The average Bonchev–Trinajstić information content (AvgIpc) is 3.12. The number of nitrogens with zero attached hydrogens (tertiary/aromatic N) is 4. The van der Waals surface area contributed by atoms with Crippen LogP contribution in [0.3, 0.4) is 0 Å². The van der Waals surface area contributed by atoms with Crippen molar-refractivity contribution in [3.05, 3.63) is 29.8 Å². The molecule has 0 spiro atoms. The van der Waals surface area contributed by atoms with Gasteiger partial charge in [-0.05, 0) is 37.6 Å². The summed E-state index contributed by atoms with van der Waals surface area (Å²) in [6.45, 7) is 4.35. The smallest absolute Gasteiger partial charge is 0.231 e. The van der Waals surface area contributed by atoms with E-state index in [4.69, 9.17) is 21.1 Å². The molecule has 1 aliphatic rings. The Balaban J connectivity index is 1.77. The molecule has 0 saturated heterocycles. The first-order valence-corrected chi connectivity index (χ1v) is 7.56. The Morgan fingerprint density at radius 1 is 1.22 bits per heavy atom. The van der Waals surface area contributed by atoms with Gasteiger partial charge in [0.15, 0.2) is 28.5 Å². The van der Waals surface area contributed by atoms with Gasteiger partial charge in [0.05, 0.1) is 6.33 Å². The van der Waals surface area contributed by atoms with Gasteiger partial charge in [-0.3, -0.25) is 0 Å². The summed E-state index contributed by atoms with van der Waals surface area (Å²) in [5.41, 5.74) is 2.17. The van der Waals surface area contributed by atoms with Crippen molar-refractivity contribution in [2.75, 3.05) is 12.1 Å².